The highest BCUT2D eigenvalue weighted by molar-refractivity contribution is 6.01. The molecule has 6 heteroatoms. The van der Waals surface area contributed by atoms with Gasteiger partial charge in [-0.2, -0.15) is 0 Å². The summed E-state index contributed by atoms with van der Waals surface area (Å²) in [6.07, 6.45) is 5.25. The average molecular weight is 351 g/mol. The highest BCUT2D eigenvalue weighted by Gasteiger charge is 2.31. The van der Waals surface area contributed by atoms with Gasteiger partial charge >= 0.3 is 0 Å². The summed E-state index contributed by atoms with van der Waals surface area (Å²) in [6, 6.07) is 3.76. The summed E-state index contributed by atoms with van der Waals surface area (Å²) in [5, 5.41) is 0. The smallest absolute Gasteiger partial charge is 0.260 e. The molecule has 0 bridgehead atoms. The SMILES string of the molecule is C=C/C(=C\C)N1Cc2cc(-c3cnc(OC)c(OC)c3)nc(C)c2C1=O. The number of carbonyl (C=O) groups excluding carboxylic acids is 1. The van der Waals surface area contributed by atoms with E-state index >= 15 is 0 Å². The molecule has 0 saturated carbocycles. The third kappa shape index (κ3) is 2.83. The van der Waals surface area contributed by atoms with Gasteiger partial charge in [0.1, 0.15) is 0 Å². The predicted octanol–water partition coefficient (Wildman–Crippen LogP) is 3.51. The van der Waals surface area contributed by atoms with Crippen molar-refractivity contribution in [2.45, 2.75) is 20.4 Å². The number of methoxy groups -OCH3 is 2. The average Bonchev–Trinajstić information content (AvgIpc) is 2.99. The Morgan fingerprint density at radius 1 is 1.31 bits per heavy atom. The largest absolute Gasteiger partial charge is 0.491 e. The fourth-order valence-corrected chi connectivity index (χ4v) is 3.14. The first-order chi connectivity index (χ1) is 12.5. The van der Waals surface area contributed by atoms with E-state index in [-0.39, 0.29) is 5.91 Å². The van der Waals surface area contributed by atoms with Crippen LogP contribution in [0.3, 0.4) is 0 Å². The maximum Gasteiger partial charge on any atom is 0.260 e. The Bertz CT molecular complexity index is 919. The molecule has 0 saturated heterocycles. The van der Waals surface area contributed by atoms with Crippen LogP contribution in [0.15, 0.2) is 42.8 Å². The Balaban J connectivity index is 2.05. The number of pyridine rings is 2. The number of amides is 1. The van der Waals surface area contributed by atoms with Crippen molar-refractivity contribution >= 4 is 5.91 Å². The molecule has 0 aliphatic carbocycles. The number of allylic oxidation sites excluding steroid dienone is 2. The van der Waals surface area contributed by atoms with Gasteiger partial charge in [-0.05, 0) is 37.6 Å². The summed E-state index contributed by atoms with van der Waals surface area (Å²) in [4.78, 5) is 23.3. The molecule has 0 aromatic carbocycles. The summed E-state index contributed by atoms with van der Waals surface area (Å²) >= 11 is 0. The lowest BCUT2D eigenvalue weighted by atomic mass is 10.1. The van der Waals surface area contributed by atoms with E-state index in [1.807, 2.05) is 32.1 Å². The number of aromatic nitrogens is 2. The molecule has 0 spiro atoms. The second kappa shape index (κ2) is 7.00. The lowest BCUT2D eigenvalue weighted by Crippen LogP contribution is -2.22. The van der Waals surface area contributed by atoms with Gasteiger partial charge in [0.25, 0.3) is 11.8 Å². The number of aryl methyl sites for hydroxylation is 1. The van der Waals surface area contributed by atoms with Gasteiger partial charge in [-0.15, -0.1) is 0 Å². The van der Waals surface area contributed by atoms with Crippen molar-refractivity contribution < 1.29 is 14.3 Å². The van der Waals surface area contributed by atoms with Gasteiger partial charge < -0.3 is 14.4 Å². The Labute approximate surface area is 152 Å². The van der Waals surface area contributed by atoms with Gasteiger partial charge in [-0.25, -0.2) is 4.98 Å². The van der Waals surface area contributed by atoms with Crippen LogP contribution < -0.4 is 9.47 Å². The van der Waals surface area contributed by atoms with Gasteiger partial charge in [0.15, 0.2) is 5.75 Å². The monoisotopic (exact) mass is 351 g/mol. The number of rotatable bonds is 5. The zero-order chi connectivity index (χ0) is 18.8. The van der Waals surface area contributed by atoms with Gasteiger partial charge in [0, 0.05) is 17.5 Å². The maximum absolute atomic E-state index is 12.8. The molecule has 0 radical (unpaired) electrons. The van der Waals surface area contributed by atoms with E-state index in [2.05, 4.69) is 16.5 Å². The number of fused-ring (bicyclic) bond motifs is 1. The third-order valence-electron chi connectivity index (χ3n) is 4.41. The van der Waals surface area contributed by atoms with Crippen LogP contribution in [0.25, 0.3) is 11.3 Å². The zero-order valence-electron chi connectivity index (χ0n) is 15.4. The van der Waals surface area contributed by atoms with Crippen LogP contribution in [0.4, 0.5) is 0 Å². The number of carbonyl (C=O) groups is 1. The molecule has 3 rings (SSSR count). The summed E-state index contributed by atoms with van der Waals surface area (Å²) < 4.78 is 10.5. The van der Waals surface area contributed by atoms with Crippen LogP contribution in [-0.2, 0) is 6.54 Å². The van der Waals surface area contributed by atoms with Crippen LogP contribution in [0.2, 0.25) is 0 Å². The molecule has 134 valence electrons. The Morgan fingerprint density at radius 3 is 2.69 bits per heavy atom. The molecule has 0 fully saturated rings. The van der Waals surface area contributed by atoms with E-state index in [0.717, 1.165) is 22.5 Å². The van der Waals surface area contributed by atoms with Crippen molar-refractivity contribution in [2.75, 3.05) is 14.2 Å². The fourth-order valence-electron chi connectivity index (χ4n) is 3.14. The summed E-state index contributed by atoms with van der Waals surface area (Å²) in [5.41, 5.74) is 4.62. The minimum Gasteiger partial charge on any atom is -0.491 e. The maximum atomic E-state index is 12.8. The minimum atomic E-state index is -0.0463. The van der Waals surface area contributed by atoms with Gasteiger partial charge in [-0.1, -0.05) is 12.7 Å². The molecular weight excluding hydrogens is 330 g/mol. The second-order valence-corrected chi connectivity index (χ2v) is 5.87. The Morgan fingerprint density at radius 2 is 2.08 bits per heavy atom. The van der Waals surface area contributed by atoms with Crippen LogP contribution in [-0.4, -0.2) is 35.0 Å². The number of hydrogen-bond donors (Lipinski definition) is 0. The normalized spacial score (nSPS) is 13.6. The Kier molecular flexibility index (Phi) is 4.75. The van der Waals surface area contributed by atoms with E-state index in [9.17, 15) is 4.79 Å². The molecule has 0 atom stereocenters. The first-order valence-corrected chi connectivity index (χ1v) is 8.23. The van der Waals surface area contributed by atoms with E-state index in [4.69, 9.17) is 9.47 Å². The van der Waals surface area contributed by atoms with E-state index < -0.39 is 0 Å². The van der Waals surface area contributed by atoms with Crippen LogP contribution in [0, 0.1) is 6.92 Å². The molecular formula is C20H21N3O3. The van der Waals surface area contributed by atoms with E-state index in [1.165, 1.54) is 0 Å². The van der Waals surface area contributed by atoms with Crippen molar-refractivity contribution in [3.8, 4) is 22.9 Å². The molecule has 3 heterocycles. The van der Waals surface area contributed by atoms with E-state index in [0.29, 0.717) is 29.4 Å². The molecule has 1 amide bonds. The first kappa shape index (κ1) is 17.7. The van der Waals surface area contributed by atoms with Crippen LogP contribution in [0.5, 0.6) is 11.6 Å². The summed E-state index contributed by atoms with van der Waals surface area (Å²) in [6.45, 7) is 8.02. The highest BCUT2D eigenvalue weighted by atomic mass is 16.5. The van der Waals surface area contributed by atoms with Crippen molar-refractivity contribution in [3.05, 3.63) is 59.6 Å². The summed E-state index contributed by atoms with van der Waals surface area (Å²) in [7, 11) is 3.11. The highest BCUT2D eigenvalue weighted by Crippen LogP contribution is 2.33. The number of ether oxygens (including phenoxy) is 2. The molecule has 1 aliphatic heterocycles. The molecule has 6 nitrogen and oxygen atoms in total. The quantitative estimate of drug-likeness (QED) is 0.771. The molecule has 0 unspecified atom stereocenters. The van der Waals surface area contributed by atoms with Crippen molar-refractivity contribution in [1.82, 2.24) is 14.9 Å². The van der Waals surface area contributed by atoms with E-state index in [1.54, 1.807) is 31.4 Å². The van der Waals surface area contributed by atoms with Crippen molar-refractivity contribution in [2.24, 2.45) is 0 Å². The zero-order valence-corrected chi connectivity index (χ0v) is 15.4. The molecule has 2 aromatic rings. The molecule has 26 heavy (non-hydrogen) atoms. The van der Waals surface area contributed by atoms with Gasteiger partial charge in [-0.3, -0.25) is 9.78 Å². The minimum absolute atomic E-state index is 0.0463. The van der Waals surface area contributed by atoms with Crippen LogP contribution in [0.1, 0.15) is 28.5 Å². The molecule has 1 aliphatic rings. The fraction of sp³-hybridized carbons (Fsp3) is 0.250. The first-order valence-electron chi connectivity index (χ1n) is 8.23. The van der Waals surface area contributed by atoms with Gasteiger partial charge in [0.2, 0.25) is 0 Å². The lowest BCUT2D eigenvalue weighted by molar-refractivity contribution is 0.0830. The van der Waals surface area contributed by atoms with Crippen molar-refractivity contribution in [1.29, 1.82) is 0 Å². The topological polar surface area (TPSA) is 64.6 Å². The summed E-state index contributed by atoms with van der Waals surface area (Å²) in [5.74, 6) is 0.902. The van der Waals surface area contributed by atoms with Crippen molar-refractivity contribution in [3.63, 3.8) is 0 Å². The van der Waals surface area contributed by atoms with Gasteiger partial charge in [0.05, 0.1) is 37.7 Å². The molecule has 0 N–H and O–H groups in total. The number of nitrogens with zero attached hydrogens (tertiary/aromatic N) is 3. The standard InChI is InChI=1S/C20H21N3O3/c1-6-15(7-2)23-11-14-8-16(22-12(3)18(14)20(23)24)13-9-17(25-4)19(26-5)21-10-13/h6-10H,1,11H2,2-5H3/b15-7+. The third-order valence-corrected chi connectivity index (χ3v) is 4.41. The number of hydrogen-bond acceptors (Lipinski definition) is 5. The predicted molar refractivity (Wildman–Crippen MR) is 99.1 cm³/mol. The second-order valence-electron chi connectivity index (χ2n) is 5.87. The lowest BCUT2D eigenvalue weighted by Gasteiger charge is -2.16. The molecule has 2 aromatic heterocycles. The van der Waals surface area contributed by atoms with Crippen LogP contribution >= 0.6 is 0 Å². The Hall–Kier alpha value is -3.15.